The Morgan fingerprint density at radius 3 is 2.48 bits per heavy atom. The van der Waals surface area contributed by atoms with Crippen LogP contribution in [-0.4, -0.2) is 98.2 Å². The normalized spacial score (nSPS) is 20.9. The third-order valence-electron chi connectivity index (χ3n) is 8.22. The Morgan fingerprint density at radius 2 is 1.83 bits per heavy atom. The fourth-order valence-electron chi connectivity index (χ4n) is 5.32. The Hall–Kier alpha value is -3.21. The van der Waals surface area contributed by atoms with E-state index in [2.05, 4.69) is 9.71 Å². The standard InChI is InChI=1S/C32H44ClN5O8S2/c1-22-17-38(23(2)20-39)32(40)28-16-26(35-47(41,42)31-19-36(4)21-34-31)11-14-29(28)46-24(3)8-6-7-15-45-30(22)18-37(5)48(43,44)27-12-9-25(33)10-13-27/h9-14,16,19,21-24,30,35,39H,6-8,15,17-18,20H2,1-5H3/t22-,23-,24+,30-/m0/s1. The van der Waals surface area contributed by atoms with Crippen molar-refractivity contribution in [3.8, 4) is 5.75 Å². The summed E-state index contributed by atoms with van der Waals surface area (Å²) in [6, 6.07) is 9.76. The minimum atomic E-state index is -4.06. The van der Waals surface area contributed by atoms with Crippen LogP contribution in [-0.2, 0) is 31.8 Å². The SMILES string of the molecule is C[C@@H]1CCCCO[C@@H](CN(C)S(=O)(=O)c2ccc(Cl)cc2)[C@@H](C)CN([C@@H](C)CO)C(=O)c2cc(NS(=O)(=O)c3cn(C)cn3)ccc2O1. The largest absolute Gasteiger partial charge is 0.490 e. The van der Waals surface area contributed by atoms with Gasteiger partial charge in [0.2, 0.25) is 10.0 Å². The first-order chi connectivity index (χ1) is 22.6. The molecule has 1 aromatic heterocycles. The van der Waals surface area contributed by atoms with E-state index < -0.39 is 38.1 Å². The minimum Gasteiger partial charge on any atom is -0.490 e. The molecule has 4 rings (SSSR count). The van der Waals surface area contributed by atoms with Gasteiger partial charge in [-0.1, -0.05) is 18.5 Å². The van der Waals surface area contributed by atoms with Crippen molar-refractivity contribution < 1.29 is 36.2 Å². The van der Waals surface area contributed by atoms with Gasteiger partial charge in [0, 0.05) is 56.6 Å². The van der Waals surface area contributed by atoms with Gasteiger partial charge in [0.25, 0.3) is 15.9 Å². The summed E-state index contributed by atoms with van der Waals surface area (Å²) >= 11 is 5.97. The highest BCUT2D eigenvalue weighted by atomic mass is 35.5. The van der Waals surface area contributed by atoms with E-state index in [4.69, 9.17) is 21.1 Å². The van der Waals surface area contributed by atoms with Crippen LogP contribution in [0.5, 0.6) is 5.75 Å². The molecule has 1 aliphatic rings. The van der Waals surface area contributed by atoms with Gasteiger partial charge in [-0.2, -0.15) is 12.7 Å². The highest BCUT2D eigenvalue weighted by molar-refractivity contribution is 7.92. The van der Waals surface area contributed by atoms with Crippen molar-refractivity contribution in [2.24, 2.45) is 13.0 Å². The molecular weight excluding hydrogens is 682 g/mol. The van der Waals surface area contributed by atoms with Crippen molar-refractivity contribution in [1.29, 1.82) is 0 Å². The first kappa shape index (κ1) is 37.6. The zero-order chi connectivity index (χ0) is 35.2. The quantitative estimate of drug-likeness (QED) is 0.333. The number of fused-ring (bicyclic) bond motifs is 1. The van der Waals surface area contributed by atoms with Gasteiger partial charge in [0.15, 0.2) is 5.03 Å². The molecule has 0 saturated carbocycles. The van der Waals surface area contributed by atoms with Crippen LogP contribution in [0.15, 0.2) is 64.9 Å². The number of benzene rings is 2. The minimum absolute atomic E-state index is 0.0111. The maximum atomic E-state index is 14.3. The third-order valence-corrected chi connectivity index (χ3v) is 11.6. The zero-order valence-electron chi connectivity index (χ0n) is 27.7. The molecule has 1 aliphatic heterocycles. The number of hydrogen-bond donors (Lipinski definition) is 2. The van der Waals surface area contributed by atoms with E-state index in [1.54, 1.807) is 20.0 Å². The third kappa shape index (κ3) is 9.27. The maximum absolute atomic E-state index is 14.3. The van der Waals surface area contributed by atoms with Crippen molar-refractivity contribution in [2.45, 2.75) is 68.2 Å². The number of carbonyl (C=O) groups is 1. The predicted octanol–water partition coefficient (Wildman–Crippen LogP) is 3.99. The summed E-state index contributed by atoms with van der Waals surface area (Å²) in [6.45, 7) is 5.56. The second-order valence-corrected chi connectivity index (χ2v) is 16.3. The fraction of sp³-hybridized carbons (Fsp3) is 0.500. The molecule has 0 saturated heterocycles. The van der Waals surface area contributed by atoms with Crippen LogP contribution in [0.3, 0.4) is 0 Å². The van der Waals surface area contributed by atoms with Crippen molar-refractivity contribution in [3.05, 3.63) is 65.6 Å². The summed E-state index contributed by atoms with van der Waals surface area (Å²) in [5.41, 5.74) is 0.234. The molecule has 264 valence electrons. The number of aromatic nitrogens is 2. The van der Waals surface area contributed by atoms with Gasteiger partial charge in [0.1, 0.15) is 5.75 Å². The topological polar surface area (TPSA) is 160 Å². The molecule has 0 bridgehead atoms. The van der Waals surface area contributed by atoms with Crippen molar-refractivity contribution >= 4 is 43.2 Å². The van der Waals surface area contributed by atoms with Gasteiger partial charge in [-0.05, 0) is 75.6 Å². The lowest BCUT2D eigenvalue weighted by molar-refractivity contribution is -0.00833. The number of sulfonamides is 2. The van der Waals surface area contributed by atoms with Crippen molar-refractivity contribution in [2.75, 3.05) is 38.1 Å². The molecule has 4 atom stereocenters. The van der Waals surface area contributed by atoms with E-state index in [0.29, 0.717) is 24.5 Å². The summed E-state index contributed by atoms with van der Waals surface area (Å²) in [7, 11) is -4.80. The molecule has 2 N–H and O–H groups in total. The lowest BCUT2D eigenvalue weighted by atomic mass is 10.0. The summed E-state index contributed by atoms with van der Waals surface area (Å²) < 4.78 is 70.6. The number of aliphatic hydroxyl groups is 1. The summed E-state index contributed by atoms with van der Waals surface area (Å²) in [5, 5.41) is 10.4. The van der Waals surface area contributed by atoms with Crippen LogP contribution in [0.25, 0.3) is 0 Å². The summed E-state index contributed by atoms with van der Waals surface area (Å²) in [4.78, 5) is 19.8. The number of anilines is 1. The van der Waals surface area contributed by atoms with Gasteiger partial charge in [-0.25, -0.2) is 13.4 Å². The number of aryl methyl sites for hydroxylation is 1. The highest BCUT2D eigenvalue weighted by Crippen LogP contribution is 2.30. The van der Waals surface area contributed by atoms with Crippen LogP contribution in [0.4, 0.5) is 5.69 Å². The molecule has 0 spiro atoms. The molecule has 48 heavy (non-hydrogen) atoms. The number of carbonyl (C=O) groups excluding carboxylic acids is 1. The van der Waals surface area contributed by atoms with Gasteiger partial charge in [0.05, 0.1) is 41.6 Å². The number of hydrogen-bond acceptors (Lipinski definition) is 9. The first-order valence-corrected chi connectivity index (χ1v) is 19.0. The van der Waals surface area contributed by atoms with Gasteiger partial charge < -0.3 is 24.0 Å². The Balaban J connectivity index is 1.67. The van der Waals surface area contributed by atoms with Gasteiger partial charge >= 0.3 is 0 Å². The fourth-order valence-corrected chi connectivity index (χ4v) is 7.66. The number of amides is 1. The molecule has 2 heterocycles. The Morgan fingerprint density at radius 1 is 1.12 bits per heavy atom. The average molecular weight is 726 g/mol. The number of imidazole rings is 1. The monoisotopic (exact) mass is 725 g/mol. The average Bonchev–Trinajstić information content (AvgIpc) is 3.49. The molecule has 3 aromatic rings. The van der Waals surface area contributed by atoms with Crippen LogP contribution in [0, 0.1) is 5.92 Å². The number of nitrogens with zero attached hydrogens (tertiary/aromatic N) is 4. The lowest BCUT2D eigenvalue weighted by Gasteiger charge is -2.35. The molecule has 16 heteroatoms. The molecule has 0 radical (unpaired) electrons. The Kier molecular flexibility index (Phi) is 12.5. The van der Waals surface area contributed by atoms with E-state index in [1.807, 2.05) is 13.8 Å². The van der Waals surface area contributed by atoms with E-state index in [0.717, 1.165) is 6.42 Å². The van der Waals surface area contributed by atoms with Crippen molar-refractivity contribution in [3.63, 3.8) is 0 Å². The number of aliphatic hydroxyl groups excluding tert-OH is 1. The predicted molar refractivity (Wildman–Crippen MR) is 182 cm³/mol. The zero-order valence-corrected chi connectivity index (χ0v) is 30.1. The molecular formula is C32H44ClN5O8S2. The Labute approximate surface area is 287 Å². The van der Waals surface area contributed by atoms with Crippen LogP contribution in [0.2, 0.25) is 5.02 Å². The first-order valence-electron chi connectivity index (χ1n) is 15.7. The van der Waals surface area contributed by atoms with E-state index in [1.165, 1.54) is 69.7 Å². The molecule has 13 nitrogen and oxygen atoms in total. The molecule has 0 unspecified atom stereocenters. The highest BCUT2D eigenvalue weighted by Gasteiger charge is 2.32. The number of nitrogens with one attached hydrogen (secondary N) is 1. The van der Waals surface area contributed by atoms with Gasteiger partial charge in [-0.15, -0.1) is 0 Å². The molecule has 0 aliphatic carbocycles. The van der Waals surface area contributed by atoms with E-state index in [9.17, 15) is 26.7 Å². The second-order valence-electron chi connectivity index (χ2n) is 12.2. The van der Waals surface area contributed by atoms with Crippen LogP contribution < -0.4 is 9.46 Å². The number of rotatable bonds is 9. The maximum Gasteiger partial charge on any atom is 0.280 e. The van der Waals surface area contributed by atoms with Crippen LogP contribution >= 0.6 is 11.6 Å². The number of halogens is 1. The lowest BCUT2D eigenvalue weighted by Crippen LogP contribution is -2.48. The molecule has 1 amide bonds. The number of likely N-dealkylation sites (N-methyl/N-ethyl adjacent to an activating group) is 1. The molecule has 0 fully saturated rings. The Bertz CT molecular complexity index is 1770. The van der Waals surface area contributed by atoms with Crippen molar-refractivity contribution in [1.82, 2.24) is 18.8 Å². The summed E-state index contributed by atoms with van der Waals surface area (Å²) in [6.07, 6.45) is 3.93. The smallest absolute Gasteiger partial charge is 0.280 e. The summed E-state index contributed by atoms with van der Waals surface area (Å²) in [5.74, 6) is -0.611. The van der Waals surface area contributed by atoms with E-state index in [-0.39, 0.29) is 58.6 Å². The van der Waals surface area contributed by atoms with E-state index >= 15 is 0 Å². The van der Waals surface area contributed by atoms with Gasteiger partial charge in [-0.3, -0.25) is 9.52 Å². The van der Waals surface area contributed by atoms with Crippen LogP contribution in [0.1, 0.15) is 50.4 Å². The second kappa shape index (κ2) is 16.0. The number of ether oxygens (including phenoxy) is 2. The molecule has 2 aromatic carbocycles.